The molecule has 1 unspecified atom stereocenters. The Morgan fingerprint density at radius 3 is 2.29 bits per heavy atom. The van der Waals surface area contributed by atoms with Gasteiger partial charge in [-0.25, -0.2) is 13.2 Å². The summed E-state index contributed by atoms with van der Waals surface area (Å²) in [5.74, 6) is -0.127. The van der Waals surface area contributed by atoms with E-state index in [1.807, 2.05) is 0 Å². The number of carbonyl (C=O) groups excluding carboxylic acids is 2. The van der Waals surface area contributed by atoms with Crippen molar-refractivity contribution in [3.63, 3.8) is 0 Å². The van der Waals surface area contributed by atoms with Crippen LogP contribution in [0.1, 0.15) is 44.8 Å². The average Bonchev–Trinajstić information content (AvgIpc) is 3.42. The minimum absolute atomic E-state index is 0.0104. The summed E-state index contributed by atoms with van der Waals surface area (Å²) in [5.41, 5.74) is 1.49. The van der Waals surface area contributed by atoms with Crippen molar-refractivity contribution >= 4 is 21.8 Å². The molecule has 0 bridgehead atoms. The lowest BCUT2D eigenvalue weighted by Gasteiger charge is -2.27. The second kappa shape index (κ2) is 9.86. The number of ketones is 1. The van der Waals surface area contributed by atoms with Crippen LogP contribution in [0, 0.1) is 13.8 Å². The van der Waals surface area contributed by atoms with Crippen LogP contribution in [-0.4, -0.2) is 49.3 Å². The Bertz CT molecular complexity index is 1290. The number of methoxy groups -OCH3 is 2. The molecule has 1 aromatic carbocycles. The molecule has 9 nitrogen and oxygen atoms in total. The Kier molecular flexibility index (Phi) is 7.32. The van der Waals surface area contributed by atoms with Crippen molar-refractivity contribution in [1.82, 2.24) is 8.87 Å². The van der Waals surface area contributed by atoms with E-state index in [0.29, 0.717) is 22.8 Å². The third-order valence-electron chi connectivity index (χ3n) is 5.92. The minimum Gasteiger partial charge on any atom is -0.497 e. The fourth-order valence-corrected chi connectivity index (χ4v) is 5.50. The van der Waals surface area contributed by atoms with Crippen molar-refractivity contribution in [2.75, 3.05) is 14.2 Å². The number of nitrogens with zero attached hydrogens (tertiary/aromatic N) is 2. The number of aromatic nitrogens is 1. The summed E-state index contributed by atoms with van der Waals surface area (Å²) in [6.07, 6.45) is 1.44. The Morgan fingerprint density at radius 1 is 1.12 bits per heavy atom. The van der Waals surface area contributed by atoms with Gasteiger partial charge in [0.15, 0.2) is 5.78 Å². The fraction of sp³-hybridized carbons (Fsp3) is 0.333. The number of hydrogen-bond donors (Lipinski definition) is 0. The van der Waals surface area contributed by atoms with Crippen molar-refractivity contribution in [3.05, 3.63) is 70.9 Å². The van der Waals surface area contributed by atoms with Crippen LogP contribution in [0.4, 0.5) is 0 Å². The molecule has 2 aromatic heterocycles. The third-order valence-corrected chi connectivity index (χ3v) is 7.86. The van der Waals surface area contributed by atoms with Crippen molar-refractivity contribution in [2.24, 2.45) is 7.05 Å². The molecule has 3 aromatic rings. The minimum atomic E-state index is -4.11. The lowest BCUT2D eigenvalue weighted by atomic mass is 10.0. The van der Waals surface area contributed by atoms with Gasteiger partial charge in [0, 0.05) is 18.3 Å². The molecule has 0 aliphatic rings. The molecule has 0 aliphatic carbocycles. The Labute approximate surface area is 198 Å². The smallest absolute Gasteiger partial charge is 0.354 e. The number of esters is 1. The van der Waals surface area contributed by atoms with Crippen LogP contribution < -0.4 is 4.74 Å². The molecule has 0 amide bonds. The standard InChI is InChI=1S/C24H28N2O7S/c1-15-21(16(2)25(4)22(15)24(28)32-6)23(27)17(3)26(14-19-8-7-13-33-19)34(29,30)20-11-9-18(31-5)10-12-20/h7-13,17H,14H2,1-6H3. The van der Waals surface area contributed by atoms with Crippen LogP contribution in [0.15, 0.2) is 52.0 Å². The molecule has 0 fully saturated rings. The lowest BCUT2D eigenvalue weighted by Crippen LogP contribution is -2.43. The highest BCUT2D eigenvalue weighted by Crippen LogP contribution is 2.28. The number of furan rings is 1. The van der Waals surface area contributed by atoms with Crippen LogP contribution in [0.25, 0.3) is 0 Å². The van der Waals surface area contributed by atoms with E-state index < -0.39 is 27.8 Å². The van der Waals surface area contributed by atoms with Crippen LogP contribution in [0.3, 0.4) is 0 Å². The van der Waals surface area contributed by atoms with Gasteiger partial charge in [-0.05, 0) is 62.7 Å². The van der Waals surface area contributed by atoms with E-state index in [4.69, 9.17) is 13.9 Å². The predicted molar refractivity (Wildman–Crippen MR) is 124 cm³/mol. The zero-order valence-corrected chi connectivity index (χ0v) is 20.8. The summed E-state index contributed by atoms with van der Waals surface area (Å²) in [7, 11) is 0.303. The van der Waals surface area contributed by atoms with E-state index in [9.17, 15) is 18.0 Å². The maximum Gasteiger partial charge on any atom is 0.354 e. The summed E-state index contributed by atoms with van der Waals surface area (Å²) in [4.78, 5) is 26.0. The molecule has 2 heterocycles. The summed E-state index contributed by atoms with van der Waals surface area (Å²) in [6, 6.07) is 8.12. The summed E-state index contributed by atoms with van der Waals surface area (Å²) in [5, 5.41) is 0. The first-order valence-corrected chi connectivity index (χ1v) is 11.9. The van der Waals surface area contributed by atoms with Gasteiger partial charge in [0.05, 0.1) is 38.0 Å². The molecular formula is C24H28N2O7S. The van der Waals surface area contributed by atoms with E-state index in [0.717, 1.165) is 4.31 Å². The first kappa shape index (κ1) is 25.3. The molecule has 0 N–H and O–H groups in total. The highest BCUT2D eigenvalue weighted by Gasteiger charge is 2.37. The molecule has 0 saturated carbocycles. The number of ether oxygens (including phenoxy) is 2. The van der Waals surface area contributed by atoms with Crippen molar-refractivity contribution in [2.45, 2.75) is 38.3 Å². The number of Topliss-reactive ketones (excluding diaryl/α,β-unsaturated/α-hetero) is 1. The molecule has 0 saturated heterocycles. The monoisotopic (exact) mass is 488 g/mol. The first-order valence-electron chi connectivity index (χ1n) is 10.5. The molecule has 34 heavy (non-hydrogen) atoms. The van der Waals surface area contributed by atoms with Gasteiger partial charge in [0.2, 0.25) is 10.0 Å². The number of carbonyl (C=O) groups is 2. The van der Waals surface area contributed by atoms with Gasteiger partial charge in [0.25, 0.3) is 0 Å². The normalized spacial score (nSPS) is 12.6. The van der Waals surface area contributed by atoms with Gasteiger partial charge in [0.1, 0.15) is 17.2 Å². The summed E-state index contributed by atoms with van der Waals surface area (Å²) >= 11 is 0. The Hall–Kier alpha value is -3.37. The van der Waals surface area contributed by atoms with Crippen LogP contribution in [-0.2, 0) is 28.4 Å². The fourth-order valence-electron chi connectivity index (χ4n) is 3.94. The molecule has 10 heteroatoms. The van der Waals surface area contributed by atoms with Crippen LogP contribution >= 0.6 is 0 Å². The van der Waals surface area contributed by atoms with Gasteiger partial charge < -0.3 is 18.5 Å². The van der Waals surface area contributed by atoms with Crippen molar-refractivity contribution < 1.29 is 31.9 Å². The average molecular weight is 489 g/mol. The molecule has 3 rings (SSSR count). The molecule has 0 radical (unpaired) electrons. The highest BCUT2D eigenvalue weighted by atomic mass is 32.2. The Balaban J connectivity index is 2.08. The summed E-state index contributed by atoms with van der Waals surface area (Å²) < 4.78 is 45.3. The molecular weight excluding hydrogens is 460 g/mol. The SMILES string of the molecule is COC(=O)c1c(C)c(C(=O)C(C)N(Cc2ccco2)S(=O)(=O)c2ccc(OC)cc2)c(C)n1C. The zero-order chi connectivity index (χ0) is 25.2. The Morgan fingerprint density at radius 2 is 1.76 bits per heavy atom. The molecule has 0 aliphatic heterocycles. The van der Waals surface area contributed by atoms with Crippen molar-refractivity contribution in [3.8, 4) is 5.75 Å². The van der Waals surface area contributed by atoms with Crippen LogP contribution in [0.2, 0.25) is 0 Å². The van der Waals surface area contributed by atoms with Gasteiger partial charge in [-0.15, -0.1) is 0 Å². The second-order valence-corrected chi connectivity index (χ2v) is 9.72. The zero-order valence-electron chi connectivity index (χ0n) is 20.0. The number of sulfonamides is 1. The van der Waals surface area contributed by atoms with E-state index >= 15 is 0 Å². The van der Waals surface area contributed by atoms with Gasteiger partial charge in [-0.1, -0.05) is 0 Å². The second-order valence-electron chi connectivity index (χ2n) is 7.83. The van der Waals surface area contributed by atoms with Crippen molar-refractivity contribution in [1.29, 1.82) is 0 Å². The van der Waals surface area contributed by atoms with E-state index in [-0.39, 0.29) is 22.7 Å². The molecule has 0 spiro atoms. The largest absolute Gasteiger partial charge is 0.497 e. The van der Waals surface area contributed by atoms with E-state index in [2.05, 4.69) is 0 Å². The van der Waals surface area contributed by atoms with Gasteiger partial charge >= 0.3 is 5.97 Å². The number of rotatable bonds is 9. The van der Waals surface area contributed by atoms with Gasteiger partial charge in [-0.3, -0.25) is 4.79 Å². The maximum atomic E-state index is 13.7. The topological polar surface area (TPSA) is 108 Å². The molecule has 182 valence electrons. The lowest BCUT2D eigenvalue weighted by molar-refractivity contribution is 0.0588. The first-order chi connectivity index (χ1) is 16.0. The van der Waals surface area contributed by atoms with E-state index in [1.54, 1.807) is 49.7 Å². The quantitative estimate of drug-likeness (QED) is 0.335. The maximum absolute atomic E-state index is 13.7. The van der Waals surface area contributed by atoms with Gasteiger partial charge in [-0.2, -0.15) is 4.31 Å². The number of hydrogen-bond acceptors (Lipinski definition) is 7. The van der Waals surface area contributed by atoms with E-state index in [1.165, 1.54) is 39.5 Å². The summed E-state index contributed by atoms with van der Waals surface area (Å²) in [6.45, 7) is 4.72. The number of benzene rings is 1. The highest BCUT2D eigenvalue weighted by molar-refractivity contribution is 7.89. The van der Waals surface area contributed by atoms with Crippen LogP contribution in [0.5, 0.6) is 5.75 Å². The molecule has 1 atom stereocenters. The third kappa shape index (κ3) is 4.51. The predicted octanol–water partition coefficient (Wildman–Crippen LogP) is 3.49.